The van der Waals surface area contributed by atoms with Gasteiger partial charge < -0.3 is 20.1 Å². The number of ether oxygens (including phenoxy) is 1. The summed E-state index contributed by atoms with van der Waals surface area (Å²) in [5.74, 6) is -0.800. The van der Waals surface area contributed by atoms with Crippen LogP contribution in [0.5, 0.6) is 5.75 Å². The average Bonchev–Trinajstić information content (AvgIpc) is 2.36. The van der Waals surface area contributed by atoms with Crippen molar-refractivity contribution in [2.24, 2.45) is 0 Å². The highest BCUT2D eigenvalue weighted by Crippen LogP contribution is 2.24. The maximum Gasteiger partial charge on any atom is 0.335 e. The van der Waals surface area contributed by atoms with Crippen molar-refractivity contribution >= 4 is 21.9 Å². The van der Waals surface area contributed by atoms with Crippen LogP contribution in [0.25, 0.3) is 0 Å². The van der Waals surface area contributed by atoms with Gasteiger partial charge in [0.2, 0.25) is 0 Å². The molecule has 0 fully saturated rings. The van der Waals surface area contributed by atoms with E-state index in [9.17, 15) is 15.0 Å². The molecule has 94 valence electrons. The lowest BCUT2D eigenvalue weighted by atomic mass is 10.0. The average molecular weight is 305 g/mol. The first-order chi connectivity index (χ1) is 7.99. The van der Waals surface area contributed by atoms with E-state index in [1.807, 2.05) is 0 Å². The zero-order valence-corrected chi connectivity index (χ0v) is 10.7. The molecule has 0 aliphatic rings. The van der Waals surface area contributed by atoms with Crippen LogP contribution in [0, 0.1) is 0 Å². The van der Waals surface area contributed by atoms with E-state index in [0.717, 1.165) is 0 Å². The third kappa shape index (κ3) is 3.42. The van der Waals surface area contributed by atoms with Crippen molar-refractivity contribution in [3.05, 3.63) is 29.3 Å². The van der Waals surface area contributed by atoms with Gasteiger partial charge in [-0.25, -0.2) is 4.79 Å². The summed E-state index contributed by atoms with van der Waals surface area (Å²) in [6.07, 6.45) is -2.17. The van der Waals surface area contributed by atoms with Gasteiger partial charge in [0.25, 0.3) is 0 Å². The fraction of sp³-hybridized carbons (Fsp3) is 0.364. The van der Waals surface area contributed by atoms with Gasteiger partial charge in [-0.05, 0) is 23.8 Å². The number of halogens is 1. The lowest BCUT2D eigenvalue weighted by Gasteiger charge is -2.17. The number of carboxylic acids is 1. The van der Waals surface area contributed by atoms with Gasteiger partial charge in [-0.2, -0.15) is 0 Å². The third-order valence-electron chi connectivity index (χ3n) is 2.28. The molecule has 6 heteroatoms. The fourth-order valence-electron chi connectivity index (χ4n) is 1.34. The molecular formula is C11H13BrO5. The molecule has 1 aromatic rings. The van der Waals surface area contributed by atoms with Crippen LogP contribution in [-0.2, 0) is 0 Å². The Hall–Kier alpha value is -1.11. The minimum atomic E-state index is -1.16. The van der Waals surface area contributed by atoms with E-state index in [-0.39, 0.29) is 10.9 Å². The smallest absolute Gasteiger partial charge is 0.335 e. The predicted molar refractivity (Wildman–Crippen MR) is 64.7 cm³/mol. The van der Waals surface area contributed by atoms with Gasteiger partial charge in [0.15, 0.2) is 0 Å². The maximum absolute atomic E-state index is 10.9. The number of methoxy groups -OCH3 is 1. The molecule has 0 amide bonds. The zero-order valence-electron chi connectivity index (χ0n) is 9.13. The number of benzene rings is 1. The van der Waals surface area contributed by atoms with E-state index < -0.39 is 18.2 Å². The molecule has 0 spiro atoms. The normalized spacial score (nSPS) is 14.1. The Labute approximate surface area is 107 Å². The van der Waals surface area contributed by atoms with Crippen LogP contribution in [-0.4, -0.2) is 39.8 Å². The van der Waals surface area contributed by atoms with Gasteiger partial charge >= 0.3 is 5.97 Å². The Balaban J connectivity index is 3.14. The molecule has 0 radical (unpaired) electrons. The van der Waals surface area contributed by atoms with Crippen LogP contribution >= 0.6 is 15.9 Å². The van der Waals surface area contributed by atoms with Crippen molar-refractivity contribution in [2.75, 3.05) is 12.4 Å². The molecule has 5 nitrogen and oxygen atoms in total. The van der Waals surface area contributed by atoms with Crippen molar-refractivity contribution < 1.29 is 24.9 Å². The van der Waals surface area contributed by atoms with Gasteiger partial charge in [-0.15, -0.1) is 0 Å². The number of carboxylic acid groups (broad SMARTS) is 1. The fourth-order valence-corrected chi connectivity index (χ4v) is 1.69. The maximum atomic E-state index is 10.9. The summed E-state index contributed by atoms with van der Waals surface area (Å²) >= 11 is 3.04. The second-order valence-corrected chi connectivity index (χ2v) is 4.11. The molecule has 0 aromatic heterocycles. The first-order valence-electron chi connectivity index (χ1n) is 4.84. The van der Waals surface area contributed by atoms with Crippen molar-refractivity contribution in [3.63, 3.8) is 0 Å². The zero-order chi connectivity index (χ0) is 13.0. The first kappa shape index (κ1) is 14.0. The molecule has 1 rings (SSSR count). The van der Waals surface area contributed by atoms with Gasteiger partial charge in [0.1, 0.15) is 11.9 Å². The number of aliphatic hydroxyl groups excluding tert-OH is 2. The number of aromatic carboxylic acids is 1. The quantitative estimate of drug-likeness (QED) is 0.711. The third-order valence-corrected chi connectivity index (χ3v) is 2.94. The molecule has 0 heterocycles. The highest BCUT2D eigenvalue weighted by molar-refractivity contribution is 9.09. The Morgan fingerprint density at radius 1 is 1.41 bits per heavy atom. The lowest BCUT2D eigenvalue weighted by molar-refractivity contribution is 0.0340. The van der Waals surface area contributed by atoms with Gasteiger partial charge in [-0.1, -0.05) is 15.9 Å². The minimum Gasteiger partial charge on any atom is -0.497 e. The highest BCUT2D eigenvalue weighted by Gasteiger charge is 2.19. The summed E-state index contributed by atoms with van der Waals surface area (Å²) in [6, 6.07) is 4.14. The lowest BCUT2D eigenvalue weighted by Crippen LogP contribution is -2.19. The molecule has 0 bridgehead atoms. The van der Waals surface area contributed by atoms with Crippen molar-refractivity contribution in [3.8, 4) is 5.75 Å². The van der Waals surface area contributed by atoms with Crippen molar-refractivity contribution in [2.45, 2.75) is 12.2 Å². The SMILES string of the molecule is COc1cc(C(=O)O)cc(C(O)C(O)CBr)c1. The van der Waals surface area contributed by atoms with E-state index in [0.29, 0.717) is 11.3 Å². The predicted octanol–water partition coefficient (Wildman–Crippen LogP) is 1.18. The molecule has 0 saturated heterocycles. The van der Waals surface area contributed by atoms with Crippen LogP contribution in [0.2, 0.25) is 0 Å². The van der Waals surface area contributed by atoms with E-state index >= 15 is 0 Å². The first-order valence-corrected chi connectivity index (χ1v) is 5.96. The van der Waals surface area contributed by atoms with Crippen LogP contribution in [0.3, 0.4) is 0 Å². The molecule has 17 heavy (non-hydrogen) atoms. The van der Waals surface area contributed by atoms with Gasteiger partial charge in [0.05, 0.1) is 18.8 Å². The van der Waals surface area contributed by atoms with Crippen LogP contribution in [0.15, 0.2) is 18.2 Å². The molecule has 0 aliphatic carbocycles. The Morgan fingerprint density at radius 2 is 2.06 bits per heavy atom. The van der Waals surface area contributed by atoms with Crippen molar-refractivity contribution in [1.82, 2.24) is 0 Å². The van der Waals surface area contributed by atoms with E-state index in [4.69, 9.17) is 9.84 Å². The number of hydrogen-bond donors (Lipinski definition) is 3. The second kappa shape index (κ2) is 6.00. The van der Waals surface area contributed by atoms with Gasteiger partial charge in [-0.3, -0.25) is 0 Å². The Bertz CT molecular complexity index is 407. The number of hydrogen-bond acceptors (Lipinski definition) is 4. The molecule has 0 aliphatic heterocycles. The summed E-state index contributed by atoms with van der Waals surface area (Å²) in [5, 5.41) is 28.4. The molecule has 3 N–H and O–H groups in total. The standard InChI is InChI=1S/C11H13BrO5/c1-17-8-3-6(10(14)9(13)5-12)2-7(4-8)11(15)16/h2-4,9-10,13-14H,5H2,1H3,(H,15,16). The topological polar surface area (TPSA) is 87.0 Å². The van der Waals surface area contributed by atoms with E-state index in [1.165, 1.54) is 25.3 Å². The second-order valence-electron chi connectivity index (χ2n) is 3.47. The summed E-state index contributed by atoms with van der Waals surface area (Å²) in [6.45, 7) is 0. The Morgan fingerprint density at radius 3 is 2.53 bits per heavy atom. The summed E-state index contributed by atoms with van der Waals surface area (Å²) in [7, 11) is 1.40. The summed E-state index contributed by atoms with van der Waals surface area (Å²) < 4.78 is 4.94. The van der Waals surface area contributed by atoms with Crippen LogP contribution < -0.4 is 4.74 Å². The monoisotopic (exact) mass is 304 g/mol. The Kier molecular flexibility index (Phi) is 4.92. The summed E-state index contributed by atoms with van der Waals surface area (Å²) in [4.78, 5) is 10.9. The van der Waals surface area contributed by atoms with Gasteiger partial charge in [0, 0.05) is 5.33 Å². The van der Waals surface area contributed by atoms with Crippen LogP contribution in [0.4, 0.5) is 0 Å². The molecule has 2 atom stereocenters. The highest BCUT2D eigenvalue weighted by atomic mass is 79.9. The van der Waals surface area contributed by atoms with E-state index in [1.54, 1.807) is 0 Å². The molecule has 2 unspecified atom stereocenters. The number of carbonyl (C=O) groups is 1. The number of alkyl halides is 1. The van der Waals surface area contributed by atoms with Crippen LogP contribution in [0.1, 0.15) is 22.0 Å². The van der Waals surface area contributed by atoms with E-state index in [2.05, 4.69) is 15.9 Å². The molecular weight excluding hydrogens is 292 g/mol. The van der Waals surface area contributed by atoms with Crippen molar-refractivity contribution in [1.29, 1.82) is 0 Å². The number of rotatable bonds is 5. The summed E-state index contributed by atoms with van der Waals surface area (Å²) in [5.41, 5.74) is 0.300. The molecule has 1 aromatic carbocycles. The minimum absolute atomic E-state index is 0.000160. The largest absolute Gasteiger partial charge is 0.497 e. The molecule has 0 saturated carbocycles. The number of aliphatic hydroxyl groups is 2.